The van der Waals surface area contributed by atoms with Crippen LogP contribution in [0.2, 0.25) is 0 Å². The first-order chi connectivity index (χ1) is 13.0. The van der Waals surface area contributed by atoms with E-state index in [1.807, 2.05) is 41.8 Å². The summed E-state index contributed by atoms with van der Waals surface area (Å²) in [5, 5.41) is 6.17. The standard InChI is InChI=1S/C19H20N6O2/c1-4-10-25-18-20-16-15(23(18)11-13(2)21-25)17(26)24(19(27)22(16)3)12-14-8-6-5-7-9-14/h4-9H,1,10-12H2,2-3H3. The maximum atomic E-state index is 13.2. The molecule has 1 aromatic carbocycles. The smallest absolute Gasteiger partial charge is 0.297 e. The Balaban J connectivity index is 1.97. The summed E-state index contributed by atoms with van der Waals surface area (Å²) in [7, 11) is 1.64. The zero-order chi connectivity index (χ0) is 19.1. The molecule has 0 N–H and O–H groups in total. The molecule has 0 amide bonds. The second-order valence-electron chi connectivity index (χ2n) is 6.59. The number of fused-ring (bicyclic) bond motifs is 3. The van der Waals surface area contributed by atoms with Crippen LogP contribution in [0.25, 0.3) is 11.2 Å². The molecule has 27 heavy (non-hydrogen) atoms. The zero-order valence-corrected chi connectivity index (χ0v) is 15.3. The van der Waals surface area contributed by atoms with Crippen molar-refractivity contribution < 1.29 is 0 Å². The van der Waals surface area contributed by atoms with Crippen LogP contribution in [0.15, 0.2) is 57.7 Å². The molecule has 0 fully saturated rings. The number of hydrogen-bond acceptors (Lipinski definition) is 5. The monoisotopic (exact) mass is 364 g/mol. The molecule has 0 saturated carbocycles. The summed E-state index contributed by atoms with van der Waals surface area (Å²) in [5.74, 6) is 0.542. The van der Waals surface area contributed by atoms with Crippen molar-refractivity contribution in [3.63, 3.8) is 0 Å². The normalized spacial score (nSPS) is 13.6. The van der Waals surface area contributed by atoms with Crippen molar-refractivity contribution in [2.75, 3.05) is 11.6 Å². The molecule has 0 unspecified atom stereocenters. The summed E-state index contributed by atoms with van der Waals surface area (Å²) < 4.78 is 4.50. The van der Waals surface area contributed by atoms with Gasteiger partial charge in [0.1, 0.15) is 0 Å². The van der Waals surface area contributed by atoms with Gasteiger partial charge >= 0.3 is 5.69 Å². The highest BCUT2D eigenvalue weighted by molar-refractivity contribution is 5.87. The molecular formula is C19H20N6O2. The molecule has 3 aromatic rings. The lowest BCUT2D eigenvalue weighted by atomic mass is 10.2. The first-order valence-corrected chi connectivity index (χ1v) is 8.67. The highest BCUT2D eigenvalue weighted by Gasteiger charge is 2.26. The molecule has 0 atom stereocenters. The fourth-order valence-electron chi connectivity index (χ4n) is 3.37. The minimum absolute atomic E-state index is 0.215. The van der Waals surface area contributed by atoms with E-state index in [0.717, 1.165) is 11.3 Å². The molecule has 138 valence electrons. The van der Waals surface area contributed by atoms with Crippen molar-refractivity contribution in [1.29, 1.82) is 0 Å². The van der Waals surface area contributed by atoms with E-state index in [9.17, 15) is 9.59 Å². The molecule has 0 bridgehead atoms. The van der Waals surface area contributed by atoms with E-state index in [-0.39, 0.29) is 17.8 Å². The van der Waals surface area contributed by atoms with Crippen LogP contribution < -0.4 is 16.3 Å². The molecule has 1 aliphatic rings. The van der Waals surface area contributed by atoms with Crippen LogP contribution in [0, 0.1) is 0 Å². The van der Waals surface area contributed by atoms with Crippen molar-refractivity contribution in [3.05, 3.63) is 69.4 Å². The van der Waals surface area contributed by atoms with E-state index in [2.05, 4.69) is 16.7 Å². The lowest BCUT2D eigenvalue weighted by Crippen LogP contribution is -2.40. The molecule has 8 heteroatoms. The summed E-state index contributed by atoms with van der Waals surface area (Å²) in [6, 6.07) is 9.46. The van der Waals surface area contributed by atoms with E-state index in [4.69, 9.17) is 0 Å². The number of aryl methyl sites for hydroxylation is 1. The molecule has 1 aliphatic heterocycles. The van der Waals surface area contributed by atoms with E-state index in [1.165, 1.54) is 9.13 Å². The summed E-state index contributed by atoms with van der Waals surface area (Å²) in [6.07, 6.45) is 1.72. The Morgan fingerprint density at radius 2 is 1.96 bits per heavy atom. The average molecular weight is 364 g/mol. The van der Waals surface area contributed by atoms with Gasteiger partial charge in [0, 0.05) is 7.05 Å². The summed E-state index contributed by atoms with van der Waals surface area (Å²) in [5.41, 5.74) is 1.78. The maximum Gasteiger partial charge on any atom is 0.332 e. The third kappa shape index (κ3) is 2.69. The number of aromatic nitrogens is 4. The highest BCUT2D eigenvalue weighted by Crippen LogP contribution is 2.23. The second-order valence-corrected chi connectivity index (χ2v) is 6.59. The molecule has 0 spiro atoms. The van der Waals surface area contributed by atoms with Gasteiger partial charge in [-0.15, -0.1) is 6.58 Å². The molecule has 3 heterocycles. The molecule has 0 radical (unpaired) electrons. The van der Waals surface area contributed by atoms with Crippen molar-refractivity contribution in [3.8, 4) is 0 Å². The Morgan fingerprint density at radius 3 is 2.67 bits per heavy atom. The number of nitrogens with zero attached hydrogens (tertiary/aromatic N) is 6. The average Bonchev–Trinajstić information content (AvgIpc) is 3.04. The predicted molar refractivity (Wildman–Crippen MR) is 105 cm³/mol. The highest BCUT2D eigenvalue weighted by atomic mass is 16.2. The van der Waals surface area contributed by atoms with Crippen molar-refractivity contribution in [2.24, 2.45) is 12.1 Å². The van der Waals surface area contributed by atoms with E-state index < -0.39 is 0 Å². The van der Waals surface area contributed by atoms with Gasteiger partial charge in [-0.1, -0.05) is 36.4 Å². The van der Waals surface area contributed by atoms with Crippen LogP contribution in [-0.2, 0) is 20.1 Å². The Labute approximate surface area is 155 Å². The number of hydrogen-bond donors (Lipinski definition) is 0. The van der Waals surface area contributed by atoms with Crippen LogP contribution in [0.5, 0.6) is 0 Å². The molecule has 0 saturated heterocycles. The number of hydrazone groups is 1. The van der Waals surface area contributed by atoms with Gasteiger partial charge in [0.15, 0.2) is 11.2 Å². The summed E-state index contributed by atoms with van der Waals surface area (Å²) >= 11 is 0. The molecular weight excluding hydrogens is 344 g/mol. The van der Waals surface area contributed by atoms with Gasteiger partial charge in [-0.2, -0.15) is 10.1 Å². The summed E-state index contributed by atoms with van der Waals surface area (Å²) in [4.78, 5) is 30.6. The lowest BCUT2D eigenvalue weighted by Gasteiger charge is -2.23. The maximum absolute atomic E-state index is 13.2. The van der Waals surface area contributed by atoms with Gasteiger partial charge in [-0.25, -0.2) is 9.80 Å². The minimum Gasteiger partial charge on any atom is -0.297 e. The van der Waals surface area contributed by atoms with Gasteiger partial charge in [0.25, 0.3) is 5.56 Å². The number of anilines is 1. The lowest BCUT2D eigenvalue weighted by molar-refractivity contribution is 0.653. The summed E-state index contributed by atoms with van der Waals surface area (Å²) in [6.45, 7) is 6.78. The molecule has 8 nitrogen and oxygen atoms in total. The van der Waals surface area contributed by atoms with Crippen LogP contribution in [0.3, 0.4) is 0 Å². The fourth-order valence-corrected chi connectivity index (χ4v) is 3.37. The van der Waals surface area contributed by atoms with Gasteiger partial charge in [0.05, 0.1) is 25.3 Å². The van der Waals surface area contributed by atoms with Crippen molar-refractivity contribution in [1.82, 2.24) is 18.7 Å². The van der Waals surface area contributed by atoms with Gasteiger partial charge in [-0.05, 0) is 12.5 Å². The van der Waals surface area contributed by atoms with Crippen LogP contribution >= 0.6 is 0 Å². The van der Waals surface area contributed by atoms with Gasteiger partial charge in [0.2, 0.25) is 5.95 Å². The van der Waals surface area contributed by atoms with E-state index >= 15 is 0 Å². The van der Waals surface area contributed by atoms with Gasteiger partial charge in [-0.3, -0.25) is 18.5 Å². The van der Waals surface area contributed by atoms with E-state index in [1.54, 1.807) is 18.1 Å². The SMILES string of the molecule is C=CCN1N=C(C)Cn2c1nc1c2c(=O)n(Cc2ccccc2)c(=O)n1C. The second kappa shape index (κ2) is 6.39. The van der Waals surface area contributed by atoms with Crippen molar-refractivity contribution in [2.45, 2.75) is 20.0 Å². The molecule has 2 aromatic heterocycles. The number of rotatable bonds is 4. The zero-order valence-electron chi connectivity index (χ0n) is 15.3. The van der Waals surface area contributed by atoms with E-state index in [0.29, 0.717) is 30.2 Å². The van der Waals surface area contributed by atoms with Crippen LogP contribution in [-0.4, -0.2) is 30.9 Å². The minimum atomic E-state index is -0.389. The topological polar surface area (TPSA) is 77.4 Å². The first kappa shape index (κ1) is 17.0. The first-order valence-electron chi connectivity index (χ1n) is 8.67. The molecule has 0 aliphatic carbocycles. The Bertz CT molecular complexity index is 1180. The van der Waals surface area contributed by atoms with Crippen molar-refractivity contribution >= 4 is 22.8 Å². The third-order valence-electron chi connectivity index (χ3n) is 4.61. The van der Waals surface area contributed by atoms with Crippen LogP contribution in [0.4, 0.5) is 5.95 Å². The third-order valence-corrected chi connectivity index (χ3v) is 4.61. The predicted octanol–water partition coefficient (Wildman–Crippen LogP) is 1.33. The Morgan fingerprint density at radius 1 is 1.22 bits per heavy atom. The molecule has 4 rings (SSSR count). The number of benzene rings is 1. The van der Waals surface area contributed by atoms with Gasteiger partial charge < -0.3 is 0 Å². The quantitative estimate of drug-likeness (QED) is 0.655. The Hall–Kier alpha value is -3.42. The number of imidazole rings is 1. The van der Waals surface area contributed by atoms with Crippen LogP contribution in [0.1, 0.15) is 12.5 Å². The largest absolute Gasteiger partial charge is 0.332 e. The Kier molecular flexibility index (Phi) is 4.02. The fraction of sp³-hybridized carbons (Fsp3) is 0.263.